The molecule has 9 heteroatoms. The van der Waals surface area contributed by atoms with Gasteiger partial charge in [0.25, 0.3) is 11.8 Å². The molecule has 29 heavy (non-hydrogen) atoms. The van der Waals surface area contributed by atoms with Gasteiger partial charge >= 0.3 is 5.97 Å². The molecule has 0 saturated carbocycles. The van der Waals surface area contributed by atoms with Gasteiger partial charge in [-0.25, -0.2) is 13.2 Å². The monoisotopic (exact) mass is 424 g/mol. The highest BCUT2D eigenvalue weighted by molar-refractivity contribution is 7.91. The normalized spacial score (nSPS) is 20.9. The minimum atomic E-state index is -3.13. The summed E-state index contributed by atoms with van der Waals surface area (Å²) in [5, 5.41) is 5.29. The van der Waals surface area contributed by atoms with E-state index in [9.17, 15) is 22.8 Å². The standard InChI is InChI=1S/C20H28N2O6S/c1-4-13(2)17(22-19(24)15-8-6-5-7-9-15)20(25)28-14(3)18(23)21-16-10-11-29(26,27)12-16/h5-9,13-14,16-17H,4,10-12H2,1-3H3,(H,21,23)(H,22,24)/t13-,14-,16-,17-/m0/s1. The van der Waals surface area contributed by atoms with Crippen LogP contribution in [0.2, 0.25) is 0 Å². The van der Waals surface area contributed by atoms with Gasteiger partial charge in [-0.2, -0.15) is 0 Å². The number of esters is 1. The van der Waals surface area contributed by atoms with E-state index in [1.807, 2.05) is 13.8 Å². The number of amides is 2. The van der Waals surface area contributed by atoms with Crippen LogP contribution in [0.3, 0.4) is 0 Å². The number of ether oxygens (including phenoxy) is 1. The number of hydrogen-bond acceptors (Lipinski definition) is 6. The van der Waals surface area contributed by atoms with Crippen molar-refractivity contribution in [2.75, 3.05) is 11.5 Å². The molecule has 160 valence electrons. The number of sulfone groups is 1. The smallest absolute Gasteiger partial charge is 0.329 e. The molecule has 1 fully saturated rings. The van der Waals surface area contributed by atoms with Crippen LogP contribution in [0.4, 0.5) is 0 Å². The van der Waals surface area contributed by atoms with Gasteiger partial charge in [0.05, 0.1) is 11.5 Å². The van der Waals surface area contributed by atoms with Crippen molar-refractivity contribution in [3.63, 3.8) is 0 Å². The summed E-state index contributed by atoms with van der Waals surface area (Å²) >= 11 is 0. The Morgan fingerprint density at radius 3 is 2.38 bits per heavy atom. The first-order valence-electron chi connectivity index (χ1n) is 9.70. The van der Waals surface area contributed by atoms with E-state index in [1.54, 1.807) is 30.3 Å². The van der Waals surface area contributed by atoms with Crippen LogP contribution in [-0.4, -0.2) is 55.9 Å². The molecule has 0 bridgehead atoms. The second-order valence-electron chi connectivity index (χ2n) is 7.39. The van der Waals surface area contributed by atoms with Gasteiger partial charge in [-0.05, 0) is 31.4 Å². The van der Waals surface area contributed by atoms with Crippen molar-refractivity contribution in [3.05, 3.63) is 35.9 Å². The Morgan fingerprint density at radius 1 is 1.17 bits per heavy atom. The molecule has 0 unspecified atom stereocenters. The highest BCUT2D eigenvalue weighted by Gasteiger charge is 2.33. The van der Waals surface area contributed by atoms with Crippen molar-refractivity contribution in [2.24, 2.45) is 5.92 Å². The molecule has 1 aromatic rings. The van der Waals surface area contributed by atoms with Gasteiger partial charge in [0.1, 0.15) is 6.04 Å². The maximum atomic E-state index is 12.7. The fourth-order valence-corrected chi connectivity index (χ4v) is 4.69. The first-order valence-corrected chi connectivity index (χ1v) is 11.5. The Kier molecular flexibility index (Phi) is 7.78. The SMILES string of the molecule is CC[C@H](C)[C@H](NC(=O)c1ccccc1)C(=O)O[C@@H](C)C(=O)N[C@H]1CCS(=O)(=O)C1. The van der Waals surface area contributed by atoms with E-state index in [-0.39, 0.29) is 17.4 Å². The number of nitrogens with one attached hydrogen (secondary N) is 2. The van der Waals surface area contributed by atoms with Gasteiger partial charge in [0, 0.05) is 11.6 Å². The summed E-state index contributed by atoms with van der Waals surface area (Å²) in [5.74, 6) is -1.94. The third kappa shape index (κ3) is 6.56. The van der Waals surface area contributed by atoms with Gasteiger partial charge in [0.15, 0.2) is 15.9 Å². The van der Waals surface area contributed by atoms with Crippen LogP contribution >= 0.6 is 0 Å². The molecule has 4 atom stereocenters. The molecular formula is C20H28N2O6S. The molecule has 2 rings (SSSR count). The molecule has 0 aromatic heterocycles. The van der Waals surface area contributed by atoms with Gasteiger partial charge < -0.3 is 15.4 Å². The van der Waals surface area contributed by atoms with Crippen molar-refractivity contribution < 1.29 is 27.5 Å². The molecule has 0 radical (unpaired) electrons. The van der Waals surface area contributed by atoms with Crippen LogP contribution in [0.15, 0.2) is 30.3 Å². The summed E-state index contributed by atoms with van der Waals surface area (Å²) in [4.78, 5) is 37.4. The van der Waals surface area contributed by atoms with E-state index in [0.717, 1.165) is 0 Å². The quantitative estimate of drug-likeness (QED) is 0.603. The van der Waals surface area contributed by atoms with E-state index in [0.29, 0.717) is 18.4 Å². The highest BCUT2D eigenvalue weighted by Crippen LogP contribution is 2.14. The van der Waals surface area contributed by atoms with Crippen molar-refractivity contribution >= 4 is 27.6 Å². The van der Waals surface area contributed by atoms with Gasteiger partial charge in [-0.3, -0.25) is 9.59 Å². The zero-order valence-corrected chi connectivity index (χ0v) is 17.7. The van der Waals surface area contributed by atoms with Crippen LogP contribution in [0, 0.1) is 5.92 Å². The van der Waals surface area contributed by atoms with Crippen molar-refractivity contribution in [1.82, 2.24) is 10.6 Å². The first-order chi connectivity index (χ1) is 13.6. The lowest BCUT2D eigenvalue weighted by Crippen LogP contribution is -2.49. The number of rotatable bonds is 8. The molecule has 1 aromatic carbocycles. The Bertz CT molecular complexity index is 840. The van der Waals surface area contributed by atoms with Gasteiger partial charge in [-0.1, -0.05) is 38.5 Å². The predicted octanol–water partition coefficient (Wildman–Crippen LogP) is 1.07. The highest BCUT2D eigenvalue weighted by atomic mass is 32.2. The lowest BCUT2D eigenvalue weighted by Gasteiger charge is -2.25. The molecule has 0 spiro atoms. The number of carbonyl (C=O) groups is 3. The lowest BCUT2D eigenvalue weighted by molar-refractivity contribution is -0.158. The average molecular weight is 425 g/mol. The van der Waals surface area contributed by atoms with E-state index in [1.165, 1.54) is 6.92 Å². The maximum absolute atomic E-state index is 12.7. The van der Waals surface area contributed by atoms with Crippen LogP contribution in [-0.2, 0) is 24.2 Å². The van der Waals surface area contributed by atoms with Gasteiger partial charge in [0.2, 0.25) is 0 Å². The molecular weight excluding hydrogens is 396 g/mol. The average Bonchev–Trinajstić information content (AvgIpc) is 3.03. The van der Waals surface area contributed by atoms with Crippen LogP contribution in [0.1, 0.15) is 44.0 Å². The molecule has 2 N–H and O–H groups in total. The van der Waals surface area contributed by atoms with E-state index in [4.69, 9.17) is 4.74 Å². The maximum Gasteiger partial charge on any atom is 0.329 e. The molecule has 2 amide bonds. The fraction of sp³-hybridized carbons (Fsp3) is 0.550. The first kappa shape index (κ1) is 22.9. The third-order valence-corrected chi connectivity index (χ3v) is 6.80. The fourth-order valence-electron chi connectivity index (χ4n) is 3.01. The number of carbonyl (C=O) groups excluding carboxylic acids is 3. The summed E-state index contributed by atoms with van der Waals surface area (Å²) < 4.78 is 28.3. The Hall–Kier alpha value is -2.42. The largest absolute Gasteiger partial charge is 0.451 e. The predicted molar refractivity (Wildman–Crippen MR) is 108 cm³/mol. The number of hydrogen-bond donors (Lipinski definition) is 2. The van der Waals surface area contributed by atoms with Crippen molar-refractivity contribution in [2.45, 2.75) is 51.8 Å². The lowest BCUT2D eigenvalue weighted by atomic mass is 9.98. The molecule has 1 aliphatic heterocycles. The van der Waals surface area contributed by atoms with Crippen LogP contribution < -0.4 is 10.6 Å². The second kappa shape index (κ2) is 9.87. The Balaban J connectivity index is 1.97. The van der Waals surface area contributed by atoms with Crippen LogP contribution in [0.25, 0.3) is 0 Å². The topological polar surface area (TPSA) is 119 Å². The Morgan fingerprint density at radius 2 is 1.83 bits per heavy atom. The van der Waals surface area contributed by atoms with E-state index in [2.05, 4.69) is 10.6 Å². The number of benzene rings is 1. The molecule has 8 nitrogen and oxygen atoms in total. The van der Waals surface area contributed by atoms with Crippen LogP contribution in [0.5, 0.6) is 0 Å². The van der Waals surface area contributed by atoms with Gasteiger partial charge in [-0.15, -0.1) is 0 Å². The summed E-state index contributed by atoms with van der Waals surface area (Å²) in [6.45, 7) is 5.12. The molecule has 1 aliphatic rings. The van der Waals surface area contributed by atoms with E-state index >= 15 is 0 Å². The summed E-state index contributed by atoms with van der Waals surface area (Å²) in [6, 6.07) is 7.13. The zero-order chi connectivity index (χ0) is 21.6. The third-order valence-electron chi connectivity index (χ3n) is 5.03. The Labute approximate surface area is 171 Å². The van der Waals surface area contributed by atoms with Crippen molar-refractivity contribution in [1.29, 1.82) is 0 Å². The minimum Gasteiger partial charge on any atom is -0.451 e. The van der Waals surface area contributed by atoms with E-state index < -0.39 is 45.8 Å². The zero-order valence-electron chi connectivity index (χ0n) is 16.9. The van der Waals surface area contributed by atoms with Crippen molar-refractivity contribution in [3.8, 4) is 0 Å². The summed E-state index contributed by atoms with van der Waals surface area (Å²) in [7, 11) is -3.13. The summed E-state index contributed by atoms with van der Waals surface area (Å²) in [6.07, 6.45) is -0.141. The molecule has 1 heterocycles. The molecule has 0 aliphatic carbocycles. The minimum absolute atomic E-state index is 0.0354. The summed E-state index contributed by atoms with van der Waals surface area (Å²) in [5.41, 5.74) is 0.418. The second-order valence-corrected chi connectivity index (χ2v) is 9.62. The molecule has 1 saturated heterocycles.